The summed E-state index contributed by atoms with van der Waals surface area (Å²) in [4.78, 5) is 0. The molecule has 1 aliphatic rings. The summed E-state index contributed by atoms with van der Waals surface area (Å²) in [5, 5.41) is 4.17. The lowest BCUT2D eigenvalue weighted by Crippen LogP contribution is -2.31. The van der Waals surface area contributed by atoms with Crippen molar-refractivity contribution in [3.8, 4) is 5.75 Å². The molecule has 1 atom stereocenters. The number of fused-ring (bicyclic) bond motifs is 1. The van der Waals surface area contributed by atoms with Crippen molar-refractivity contribution in [2.24, 2.45) is 0 Å². The lowest BCUT2D eigenvalue weighted by molar-refractivity contribution is 0.0692. The van der Waals surface area contributed by atoms with Gasteiger partial charge in [-0.25, -0.2) is 0 Å². The van der Waals surface area contributed by atoms with E-state index in [2.05, 4.69) is 5.32 Å². The maximum absolute atomic E-state index is 5.97. The number of hydrogen-bond donors (Lipinski definition) is 1. The number of hydrogen-bond acceptors (Lipinski definition) is 4. The minimum absolute atomic E-state index is 0.206. The van der Waals surface area contributed by atoms with Crippen LogP contribution < -0.4 is 10.1 Å². The summed E-state index contributed by atoms with van der Waals surface area (Å²) in [5.74, 6) is 0.962. The van der Waals surface area contributed by atoms with Crippen molar-refractivity contribution in [3.63, 3.8) is 0 Å². The summed E-state index contributed by atoms with van der Waals surface area (Å²) in [6, 6.07) is 5.80. The predicted molar refractivity (Wildman–Crippen MR) is 79.8 cm³/mol. The normalized spacial score (nSPS) is 17.0. The largest absolute Gasteiger partial charge is 0.488 e. The van der Waals surface area contributed by atoms with Gasteiger partial charge in [0, 0.05) is 31.7 Å². The monoisotopic (exact) mass is 299 g/mol. The van der Waals surface area contributed by atoms with E-state index in [0.717, 1.165) is 43.3 Å². The molecule has 0 radical (unpaired) electrons. The first-order chi connectivity index (χ1) is 9.79. The van der Waals surface area contributed by atoms with Crippen LogP contribution >= 0.6 is 11.6 Å². The number of benzene rings is 1. The Morgan fingerprint density at radius 2 is 2.25 bits per heavy atom. The van der Waals surface area contributed by atoms with E-state index in [1.165, 1.54) is 5.56 Å². The van der Waals surface area contributed by atoms with E-state index in [1.807, 2.05) is 18.2 Å². The third-order valence-corrected chi connectivity index (χ3v) is 3.44. The number of nitrogens with one attached hydrogen (secondary N) is 1. The maximum atomic E-state index is 5.97. The van der Waals surface area contributed by atoms with Gasteiger partial charge in [-0.3, -0.25) is 0 Å². The van der Waals surface area contributed by atoms with Gasteiger partial charge in [0.05, 0.1) is 13.2 Å². The summed E-state index contributed by atoms with van der Waals surface area (Å²) in [5.41, 5.74) is 1.20. The van der Waals surface area contributed by atoms with Crippen LogP contribution in [0.4, 0.5) is 0 Å². The molecule has 1 aromatic carbocycles. The fourth-order valence-corrected chi connectivity index (χ4v) is 2.40. The quantitative estimate of drug-likeness (QED) is 0.710. The lowest BCUT2D eigenvalue weighted by Gasteiger charge is -2.11. The number of methoxy groups -OCH3 is 1. The molecule has 5 heteroatoms. The van der Waals surface area contributed by atoms with Gasteiger partial charge < -0.3 is 19.5 Å². The third kappa shape index (κ3) is 4.94. The van der Waals surface area contributed by atoms with Crippen molar-refractivity contribution in [1.82, 2.24) is 5.32 Å². The molecule has 1 aliphatic heterocycles. The van der Waals surface area contributed by atoms with Crippen molar-refractivity contribution in [2.45, 2.75) is 18.9 Å². The minimum Gasteiger partial charge on any atom is -0.488 e. The zero-order valence-electron chi connectivity index (χ0n) is 11.9. The summed E-state index contributed by atoms with van der Waals surface area (Å²) in [7, 11) is 1.68. The molecule has 1 unspecified atom stereocenters. The molecule has 0 aliphatic carbocycles. The highest BCUT2D eigenvalue weighted by Gasteiger charge is 2.22. The summed E-state index contributed by atoms with van der Waals surface area (Å²) in [6.07, 6.45) is 2.13. The second-order valence-corrected chi connectivity index (χ2v) is 5.30. The summed E-state index contributed by atoms with van der Waals surface area (Å²) in [6.45, 7) is 3.87. The van der Waals surface area contributed by atoms with Crippen LogP contribution in [0.2, 0.25) is 5.02 Å². The smallest absolute Gasteiger partial charge is 0.123 e. The average Bonchev–Trinajstić information content (AvgIpc) is 2.83. The molecule has 0 amide bonds. The highest BCUT2D eigenvalue weighted by molar-refractivity contribution is 6.30. The standard InChI is InChI=1S/C15H22ClNO3/c1-18-7-8-19-6-2-5-17-11-14-10-12-9-13(16)3-4-15(12)20-14/h3-4,9,14,17H,2,5-8,10-11H2,1H3. The first-order valence-corrected chi connectivity index (χ1v) is 7.40. The van der Waals surface area contributed by atoms with Crippen LogP contribution in [0, 0.1) is 0 Å². The molecule has 0 fully saturated rings. The number of rotatable bonds is 9. The van der Waals surface area contributed by atoms with Gasteiger partial charge >= 0.3 is 0 Å². The van der Waals surface area contributed by atoms with Crippen LogP contribution in [-0.2, 0) is 15.9 Å². The maximum Gasteiger partial charge on any atom is 0.123 e. The van der Waals surface area contributed by atoms with Crippen LogP contribution in [0.15, 0.2) is 18.2 Å². The molecule has 1 N–H and O–H groups in total. The molecule has 4 nitrogen and oxygen atoms in total. The van der Waals surface area contributed by atoms with Gasteiger partial charge in [-0.05, 0) is 36.7 Å². The van der Waals surface area contributed by atoms with Gasteiger partial charge in [0.25, 0.3) is 0 Å². The summed E-state index contributed by atoms with van der Waals surface area (Å²) >= 11 is 5.97. The Bertz CT molecular complexity index is 414. The Morgan fingerprint density at radius 3 is 3.10 bits per heavy atom. The molecule has 1 heterocycles. The fraction of sp³-hybridized carbons (Fsp3) is 0.600. The Hall–Kier alpha value is -0.810. The van der Waals surface area contributed by atoms with E-state index in [0.29, 0.717) is 13.2 Å². The van der Waals surface area contributed by atoms with Crippen molar-refractivity contribution in [2.75, 3.05) is 40.0 Å². The van der Waals surface area contributed by atoms with E-state index in [4.69, 9.17) is 25.8 Å². The number of halogens is 1. The van der Waals surface area contributed by atoms with Gasteiger partial charge in [0.15, 0.2) is 0 Å². The molecular formula is C15H22ClNO3. The molecule has 1 aromatic rings. The second-order valence-electron chi connectivity index (χ2n) is 4.86. The third-order valence-electron chi connectivity index (χ3n) is 3.21. The van der Waals surface area contributed by atoms with Gasteiger partial charge in [0.2, 0.25) is 0 Å². The van der Waals surface area contributed by atoms with Crippen LogP contribution in [0.25, 0.3) is 0 Å². The van der Waals surface area contributed by atoms with E-state index in [9.17, 15) is 0 Å². The zero-order chi connectivity index (χ0) is 14.2. The van der Waals surface area contributed by atoms with Gasteiger partial charge in [0.1, 0.15) is 11.9 Å². The van der Waals surface area contributed by atoms with Gasteiger partial charge in [-0.2, -0.15) is 0 Å². The number of ether oxygens (including phenoxy) is 3. The molecule has 0 saturated heterocycles. The van der Waals surface area contributed by atoms with Gasteiger partial charge in [-0.15, -0.1) is 0 Å². The van der Waals surface area contributed by atoms with E-state index >= 15 is 0 Å². The minimum atomic E-state index is 0.206. The van der Waals surface area contributed by atoms with Crippen molar-refractivity contribution >= 4 is 11.6 Å². The Balaban J connectivity index is 1.54. The fourth-order valence-electron chi connectivity index (χ4n) is 2.21. The Morgan fingerprint density at radius 1 is 1.35 bits per heavy atom. The zero-order valence-corrected chi connectivity index (χ0v) is 12.6. The molecule has 20 heavy (non-hydrogen) atoms. The Kier molecular flexibility index (Phi) is 6.60. The molecule has 0 saturated carbocycles. The summed E-state index contributed by atoms with van der Waals surface area (Å²) < 4.78 is 16.2. The molecule has 2 rings (SSSR count). The first kappa shape index (κ1) is 15.6. The predicted octanol–water partition coefficient (Wildman–Crippen LogP) is 2.29. The van der Waals surface area contributed by atoms with E-state index in [1.54, 1.807) is 7.11 Å². The van der Waals surface area contributed by atoms with Gasteiger partial charge in [-0.1, -0.05) is 11.6 Å². The van der Waals surface area contributed by atoms with Crippen LogP contribution in [-0.4, -0.2) is 46.1 Å². The lowest BCUT2D eigenvalue weighted by atomic mass is 10.1. The Labute approximate surface area is 125 Å². The van der Waals surface area contributed by atoms with Crippen molar-refractivity contribution in [1.29, 1.82) is 0 Å². The molecule has 0 bridgehead atoms. The average molecular weight is 300 g/mol. The SMILES string of the molecule is COCCOCCCNCC1Cc2cc(Cl)ccc2O1. The van der Waals surface area contributed by atoms with Crippen LogP contribution in [0.5, 0.6) is 5.75 Å². The van der Waals surface area contributed by atoms with Crippen LogP contribution in [0.3, 0.4) is 0 Å². The highest BCUT2D eigenvalue weighted by atomic mass is 35.5. The van der Waals surface area contributed by atoms with Crippen LogP contribution in [0.1, 0.15) is 12.0 Å². The first-order valence-electron chi connectivity index (χ1n) is 7.02. The molecule has 112 valence electrons. The molecule has 0 aromatic heterocycles. The highest BCUT2D eigenvalue weighted by Crippen LogP contribution is 2.30. The molecular weight excluding hydrogens is 278 g/mol. The molecule has 0 spiro atoms. The van der Waals surface area contributed by atoms with E-state index < -0.39 is 0 Å². The topological polar surface area (TPSA) is 39.7 Å². The van der Waals surface area contributed by atoms with E-state index in [-0.39, 0.29) is 6.10 Å². The van der Waals surface area contributed by atoms with Crippen molar-refractivity contribution < 1.29 is 14.2 Å². The van der Waals surface area contributed by atoms with Crippen molar-refractivity contribution in [3.05, 3.63) is 28.8 Å². The second kappa shape index (κ2) is 8.47.